The Morgan fingerprint density at radius 2 is 1.70 bits per heavy atom. The third-order valence-corrected chi connectivity index (χ3v) is 6.98. The minimum Gasteiger partial charge on any atom is -1.00 e. The minimum absolute atomic E-state index is 0. The molecule has 0 atom stereocenters. The standard InChI is InChI=1S/C13H28N3O5Si.ClH/c1-16(2,14-5-4-13(17)18-3)12-22-19-9-6-15(7-10-20-22)8-11-21-22;/h14H,4-12H2,1-3H3;1H/q+1;/p-1. The van der Waals surface area contributed by atoms with Crippen LogP contribution in [0.15, 0.2) is 0 Å². The van der Waals surface area contributed by atoms with E-state index in [1.807, 2.05) is 14.1 Å². The first-order chi connectivity index (χ1) is 10.4. The molecule has 136 valence electrons. The van der Waals surface area contributed by atoms with Crippen molar-refractivity contribution in [2.75, 3.05) is 73.4 Å². The second kappa shape index (κ2) is 9.28. The van der Waals surface area contributed by atoms with E-state index in [9.17, 15) is 4.79 Å². The van der Waals surface area contributed by atoms with E-state index in [2.05, 4.69) is 15.1 Å². The Hall–Kier alpha value is -0.263. The fraction of sp³-hybridized carbons (Fsp3) is 0.923. The first-order valence-electron chi connectivity index (χ1n) is 7.74. The summed E-state index contributed by atoms with van der Waals surface area (Å²) in [7, 11) is 2.77. The van der Waals surface area contributed by atoms with Gasteiger partial charge in [0.15, 0.2) is 6.17 Å². The second-order valence-electron chi connectivity index (χ2n) is 6.15. The summed E-state index contributed by atoms with van der Waals surface area (Å²) >= 11 is 0. The van der Waals surface area contributed by atoms with Gasteiger partial charge in [-0.05, 0) is 0 Å². The molecule has 1 N–H and O–H groups in total. The van der Waals surface area contributed by atoms with Crippen molar-refractivity contribution in [3.63, 3.8) is 0 Å². The molecule has 3 rings (SSSR count). The number of fused-ring (bicyclic) bond motifs is 6. The first-order valence-corrected chi connectivity index (χ1v) is 9.67. The van der Waals surface area contributed by atoms with Crippen molar-refractivity contribution in [2.24, 2.45) is 0 Å². The van der Waals surface area contributed by atoms with Gasteiger partial charge in [0.1, 0.15) is 0 Å². The maximum absolute atomic E-state index is 11.2. The molecule has 3 saturated heterocycles. The van der Waals surface area contributed by atoms with Gasteiger partial charge in [-0.25, -0.2) is 4.59 Å². The van der Waals surface area contributed by atoms with Crippen LogP contribution in [0.1, 0.15) is 6.42 Å². The highest BCUT2D eigenvalue weighted by atomic mass is 35.5. The number of carbonyl (C=O) groups is 1. The number of esters is 1. The number of carbonyl (C=O) groups excluding carboxylic acids is 1. The van der Waals surface area contributed by atoms with Crippen molar-refractivity contribution in [1.82, 2.24) is 10.3 Å². The van der Waals surface area contributed by atoms with Gasteiger partial charge in [0, 0.05) is 19.6 Å². The molecule has 8 nitrogen and oxygen atoms in total. The van der Waals surface area contributed by atoms with Gasteiger partial charge < -0.3 is 30.4 Å². The summed E-state index contributed by atoms with van der Waals surface area (Å²) in [5.74, 6) is -0.219. The molecule has 3 aliphatic heterocycles. The fourth-order valence-electron chi connectivity index (χ4n) is 2.69. The SMILES string of the molecule is COC(=O)CCN[N+](C)(C)C[Si]12OCCN(CCO1)CCO2.[Cl-]. The van der Waals surface area contributed by atoms with E-state index in [1.54, 1.807) is 0 Å². The Labute approximate surface area is 145 Å². The lowest BCUT2D eigenvalue weighted by Crippen LogP contribution is -3.00. The number of methoxy groups -OCH3 is 1. The zero-order valence-electron chi connectivity index (χ0n) is 14.2. The molecule has 3 heterocycles. The van der Waals surface area contributed by atoms with Gasteiger partial charge in [-0.1, -0.05) is 0 Å². The Morgan fingerprint density at radius 3 is 2.17 bits per heavy atom. The molecule has 0 aromatic heterocycles. The number of halogens is 1. The molecule has 3 aliphatic rings. The van der Waals surface area contributed by atoms with E-state index < -0.39 is 8.80 Å². The number of rotatable bonds is 6. The maximum atomic E-state index is 11.2. The smallest absolute Gasteiger partial charge is 0.561 e. The van der Waals surface area contributed by atoms with Crippen molar-refractivity contribution >= 4 is 14.8 Å². The summed E-state index contributed by atoms with van der Waals surface area (Å²) in [6.07, 6.45) is 0.971. The lowest BCUT2D eigenvalue weighted by molar-refractivity contribution is -0.926. The molecule has 2 bridgehead atoms. The molecule has 10 heteroatoms. The second-order valence-corrected chi connectivity index (χ2v) is 8.70. The number of ether oxygens (including phenoxy) is 1. The van der Waals surface area contributed by atoms with Gasteiger partial charge >= 0.3 is 14.8 Å². The summed E-state index contributed by atoms with van der Waals surface area (Å²) in [6.45, 7) is 5.29. The third-order valence-electron chi connectivity index (χ3n) is 3.87. The summed E-state index contributed by atoms with van der Waals surface area (Å²) in [4.78, 5) is 13.5. The van der Waals surface area contributed by atoms with Crippen molar-refractivity contribution in [3.05, 3.63) is 0 Å². The minimum atomic E-state index is -2.68. The third kappa shape index (κ3) is 6.63. The summed E-state index contributed by atoms with van der Waals surface area (Å²) in [5.41, 5.74) is 3.32. The molecule has 0 radical (unpaired) electrons. The van der Waals surface area contributed by atoms with Crippen LogP contribution < -0.4 is 17.8 Å². The monoisotopic (exact) mass is 369 g/mol. The molecule has 0 saturated carbocycles. The Bertz CT molecular complexity index is 362. The van der Waals surface area contributed by atoms with E-state index in [1.165, 1.54) is 7.11 Å². The number of nitrogens with one attached hydrogen (secondary N) is 1. The fourth-order valence-corrected chi connectivity index (χ4v) is 5.50. The molecule has 0 aliphatic carbocycles. The van der Waals surface area contributed by atoms with Gasteiger partial charge in [0.25, 0.3) is 0 Å². The van der Waals surface area contributed by atoms with Crippen LogP contribution in [0.25, 0.3) is 0 Å². The molecule has 0 aromatic rings. The summed E-state index contributed by atoms with van der Waals surface area (Å²) in [5, 5.41) is 0. The highest BCUT2D eigenvalue weighted by Gasteiger charge is 2.50. The van der Waals surface area contributed by atoms with E-state index in [0.29, 0.717) is 43.5 Å². The number of nitrogens with zero attached hydrogens (tertiary/aromatic N) is 2. The first kappa shape index (κ1) is 20.8. The summed E-state index contributed by atoms with van der Waals surface area (Å²) < 4.78 is 23.2. The van der Waals surface area contributed by atoms with Gasteiger partial charge in [0.05, 0.1) is 54.0 Å². The van der Waals surface area contributed by atoms with Gasteiger partial charge in [-0.3, -0.25) is 9.69 Å². The molecular weight excluding hydrogens is 342 g/mol. The van der Waals surface area contributed by atoms with E-state index in [0.717, 1.165) is 19.6 Å². The van der Waals surface area contributed by atoms with Crippen LogP contribution in [-0.2, 0) is 22.8 Å². The predicted molar refractivity (Wildman–Crippen MR) is 81.7 cm³/mol. The lowest BCUT2D eigenvalue weighted by atomic mass is 10.4. The summed E-state index contributed by atoms with van der Waals surface area (Å²) in [6, 6.07) is 0. The molecule has 0 aromatic carbocycles. The Balaban J connectivity index is 0.00000264. The van der Waals surface area contributed by atoms with Gasteiger partial charge in [-0.2, -0.15) is 5.43 Å². The normalized spacial score (nSPS) is 28.2. The number of hydrogen-bond donors (Lipinski definition) is 1. The van der Waals surface area contributed by atoms with Crippen LogP contribution in [0.3, 0.4) is 0 Å². The average Bonchev–Trinajstić information content (AvgIpc) is 2.39. The van der Waals surface area contributed by atoms with Crippen molar-refractivity contribution in [3.8, 4) is 0 Å². The number of quaternary nitrogens is 1. The lowest BCUT2D eigenvalue weighted by Gasteiger charge is -2.41. The van der Waals surface area contributed by atoms with Gasteiger partial charge in [-0.15, -0.1) is 0 Å². The quantitative estimate of drug-likeness (QED) is 0.221. The van der Waals surface area contributed by atoms with Crippen LogP contribution in [0.2, 0.25) is 0 Å². The predicted octanol–water partition coefficient (Wildman–Crippen LogP) is -4.01. The Kier molecular flexibility index (Phi) is 8.38. The highest BCUT2D eigenvalue weighted by molar-refractivity contribution is 6.60. The molecule has 0 amide bonds. The zero-order valence-corrected chi connectivity index (χ0v) is 15.9. The molecule has 0 spiro atoms. The zero-order chi connectivity index (χ0) is 16.1. The van der Waals surface area contributed by atoms with Crippen LogP contribution in [0, 0.1) is 0 Å². The van der Waals surface area contributed by atoms with E-state index >= 15 is 0 Å². The topological polar surface area (TPSA) is 69.3 Å². The van der Waals surface area contributed by atoms with E-state index in [4.69, 9.17) is 13.3 Å². The van der Waals surface area contributed by atoms with Crippen LogP contribution >= 0.6 is 0 Å². The largest absolute Gasteiger partial charge is 1.00 e. The maximum Gasteiger partial charge on any atom is 0.561 e. The highest BCUT2D eigenvalue weighted by Crippen LogP contribution is 2.18. The number of hydrogen-bond acceptors (Lipinski definition) is 7. The molecule has 23 heavy (non-hydrogen) atoms. The van der Waals surface area contributed by atoms with E-state index in [-0.39, 0.29) is 18.4 Å². The average molecular weight is 370 g/mol. The van der Waals surface area contributed by atoms with Crippen LogP contribution in [-0.4, -0.2) is 97.6 Å². The van der Waals surface area contributed by atoms with Crippen molar-refractivity contribution < 1.29 is 39.8 Å². The van der Waals surface area contributed by atoms with Crippen LogP contribution in [0.5, 0.6) is 0 Å². The van der Waals surface area contributed by atoms with Crippen molar-refractivity contribution in [1.29, 1.82) is 0 Å². The van der Waals surface area contributed by atoms with Crippen LogP contribution in [0.4, 0.5) is 0 Å². The van der Waals surface area contributed by atoms with Crippen molar-refractivity contribution in [2.45, 2.75) is 6.42 Å². The Morgan fingerprint density at radius 1 is 1.17 bits per heavy atom. The van der Waals surface area contributed by atoms with Gasteiger partial charge in [0.2, 0.25) is 0 Å². The molecule has 0 unspecified atom stereocenters. The molecular formula is C13H28ClN3O5Si. The molecule has 3 fully saturated rings.